The van der Waals surface area contributed by atoms with Gasteiger partial charge in [-0.2, -0.15) is 0 Å². The fourth-order valence-electron chi connectivity index (χ4n) is 3.77. The first kappa shape index (κ1) is 20.8. The van der Waals surface area contributed by atoms with Gasteiger partial charge in [0.1, 0.15) is 5.75 Å². The molecule has 0 bridgehead atoms. The number of hydrogen-bond acceptors (Lipinski definition) is 4. The molecule has 0 spiro atoms. The van der Waals surface area contributed by atoms with Gasteiger partial charge in [-0.05, 0) is 35.7 Å². The number of carbonyl (C=O) groups is 2. The van der Waals surface area contributed by atoms with Gasteiger partial charge in [-0.3, -0.25) is 14.6 Å². The first-order valence-corrected chi connectivity index (χ1v) is 10.1. The summed E-state index contributed by atoms with van der Waals surface area (Å²) in [5.41, 5.74) is 1.83. The van der Waals surface area contributed by atoms with E-state index in [-0.39, 0.29) is 29.6 Å². The molecule has 1 aliphatic heterocycles. The third-order valence-corrected chi connectivity index (χ3v) is 5.28. The first-order chi connectivity index (χ1) is 14.0. The van der Waals surface area contributed by atoms with Crippen LogP contribution < -0.4 is 10.1 Å². The summed E-state index contributed by atoms with van der Waals surface area (Å²) in [4.78, 5) is 31.8. The Morgan fingerprint density at radius 2 is 2.03 bits per heavy atom. The average molecular weight is 396 g/mol. The first-order valence-electron chi connectivity index (χ1n) is 10.1. The largest absolute Gasteiger partial charge is 0.497 e. The van der Waals surface area contributed by atoms with Crippen molar-refractivity contribution in [3.05, 3.63) is 59.9 Å². The van der Waals surface area contributed by atoms with E-state index < -0.39 is 0 Å². The Kier molecular flexibility index (Phi) is 6.86. The van der Waals surface area contributed by atoms with Crippen molar-refractivity contribution in [1.82, 2.24) is 15.2 Å². The van der Waals surface area contributed by atoms with Gasteiger partial charge in [0.25, 0.3) is 0 Å². The molecule has 1 aliphatic rings. The van der Waals surface area contributed by atoms with Gasteiger partial charge in [-0.15, -0.1) is 0 Å². The summed E-state index contributed by atoms with van der Waals surface area (Å²) in [5.74, 6) is 0.722. The second-order valence-electron chi connectivity index (χ2n) is 7.93. The Labute approximate surface area is 172 Å². The Morgan fingerprint density at radius 1 is 1.21 bits per heavy atom. The van der Waals surface area contributed by atoms with Gasteiger partial charge in [0, 0.05) is 31.6 Å². The maximum absolute atomic E-state index is 13.0. The number of nitrogens with one attached hydrogen (secondary N) is 1. The van der Waals surface area contributed by atoms with Crippen LogP contribution in [0, 0.1) is 11.8 Å². The van der Waals surface area contributed by atoms with E-state index in [2.05, 4.69) is 10.3 Å². The summed E-state index contributed by atoms with van der Waals surface area (Å²) in [6, 6.07) is 13.4. The van der Waals surface area contributed by atoms with Crippen molar-refractivity contribution in [1.29, 1.82) is 0 Å². The highest BCUT2D eigenvalue weighted by molar-refractivity contribution is 5.83. The Morgan fingerprint density at radius 3 is 2.72 bits per heavy atom. The molecule has 1 aromatic heterocycles. The van der Waals surface area contributed by atoms with E-state index in [0.717, 1.165) is 17.0 Å². The molecule has 2 heterocycles. The molecule has 0 saturated carbocycles. The van der Waals surface area contributed by atoms with Crippen LogP contribution in [0.3, 0.4) is 0 Å². The van der Waals surface area contributed by atoms with Crippen LogP contribution >= 0.6 is 0 Å². The van der Waals surface area contributed by atoms with Crippen LogP contribution in [0.4, 0.5) is 0 Å². The predicted molar refractivity (Wildman–Crippen MR) is 111 cm³/mol. The molecule has 1 saturated heterocycles. The minimum Gasteiger partial charge on any atom is -0.497 e. The molecular formula is C23H29N3O3. The molecule has 2 atom stereocenters. The number of benzene rings is 1. The molecule has 2 aromatic rings. The van der Waals surface area contributed by atoms with Crippen molar-refractivity contribution < 1.29 is 14.3 Å². The summed E-state index contributed by atoms with van der Waals surface area (Å²) < 4.78 is 5.35. The van der Waals surface area contributed by atoms with E-state index in [0.29, 0.717) is 26.1 Å². The van der Waals surface area contributed by atoms with E-state index in [1.807, 2.05) is 61.2 Å². The fourth-order valence-corrected chi connectivity index (χ4v) is 3.77. The number of likely N-dealkylation sites (tertiary alicyclic amines) is 1. The molecule has 2 amide bonds. The minimum absolute atomic E-state index is 0.0525. The lowest BCUT2D eigenvalue weighted by Gasteiger charge is -2.18. The third-order valence-electron chi connectivity index (χ3n) is 5.28. The minimum atomic E-state index is -0.304. The number of carbonyl (C=O) groups excluding carboxylic acids is 2. The standard InChI is InChI=1S/C23H29N3O3/c1-16(2)11-22(27)26-14-20(17-7-6-9-19(12-17)29-3)21(15-26)23(28)25-13-18-8-4-5-10-24-18/h4-10,12,16,20-21H,11,13-15H2,1-3H3,(H,25,28). The van der Waals surface area contributed by atoms with Crippen molar-refractivity contribution in [2.75, 3.05) is 20.2 Å². The molecule has 1 N–H and O–H groups in total. The maximum Gasteiger partial charge on any atom is 0.225 e. The lowest BCUT2D eigenvalue weighted by atomic mass is 9.88. The smallest absolute Gasteiger partial charge is 0.225 e. The lowest BCUT2D eigenvalue weighted by molar-refractivity contribution is -0.131. The number of nitrogens with zero attached hydrogens (tertiary/aromatic N) is 2. The number of pyridine rings is 1. The summed E-state index contributed by atoms with van der Waals surface area (Å²) in [7, 11) is 1.63. The Hall–Kier alpha value is -2.89. The zero-order valence-corrected chi connectivity index (χ0v) is 17.3. The average Bonchev–Trinajstić information content (AvgIpc) is 3.18. The zero-order chi connectivity index (χ0) is 20.8. The summed E-state index contributed by atoms with van der Waals surface area (Å²) in [5, 5.41) is 3.00. The summed E-state index contributed by atoms with van der Waals surface area (Å²) in [6.45, 7) is 5.41. The van der Waals surface area contributed by atoms with Crippen LogP contribution in [0.15, 0.2) is 48.7 Å². The van der Waals surface area contributed by atoms with Crippen molar-refractivity contribution >= 4 is 11.8 Å². The fraction of sp³-hybridized carbons (Fsp3) is 0.435. The van der Waals surface area contributed by atoms with Crippen LogP contribution in [0.25, 0.3) is 0 Å². The van der Waals surface area contributed by atoms with Gasteiger partial charge in [0.05, 0.1) is 25.3 Å². The number of rotatable bonds is 7. The van der Waals surface area contributed by atoms with Crippen LogP contribution in [0.1, 0.15) is 37.4 Å². The molecule has 1 fully saturated rings. The summed E-state index contributed by atoms with van der Waals surface area (Å²) >= 11 is 0. The van der Waals surface area contributed by atoms with E-state index in [4.69, 9.17) is 4.74 Å². The molecule has 29 heavy (non-hydrogen) atoms. The van der Waals surface area contributed by atoms with Gasteiger partial charge in [-0.25, -0.2) is 0 Å². The lowest BCUT2D eigenvalue weighted by Crippen LogP contribution is -2.35. The number of amides is 2. The predicted octanol–water partition coefficient (Wildman–Crippen LogP) is 2.99. The molecule has 6 heteroatoms. The van der Waals surface area contributed by atoms with Gasteiger partial charge < -0.3 is 15.0 Å². The SMILES string of the molecule is COc1cccc(C2CN(C(=O)CC(C)C)CC2C(=O)NCc2ccccn2)c1. The van der Waals surface area contributed by atoms with Crippen LogP contribution in [-0.2, 0) is 16.1 Å². The maximum atomic E-state index is 13.0. The topological polar surface area (TPSA) is 71.5 Å². The molecule has 1 aromatic carbocycles. The Bertz CT molecular complexity index is 838. The molecule has 154 valence electrons. The number of aromatic nitrogens is 1. The van der Waals surface area contributed by atoms with Crippen molar-refractivity contribution in [3.8, 4) is 5.75 Å². The number of methoxy groups -OCH3 is 1. The van der Waals surface area contributed by atoms with Gasteiger partial charge in [0.15, 0.2) is 0 Å². The monoisotopic (exact) mass is 395 g/mol. The zero-order valence-electron chi connectivity index (χ0n) is 17.3. The van der Waals surface area contributed by atoms with E-state index >= 15 is 0 Å². The van der Waals surface area contributed by atoms with Crippen LogP contribution in [0.5, 0.6) is 5.75 Å². The highest BCUT2D eigenvalue weighted by atomic mass is 16.5. The molecule has 2 unspecified atom stereocenters. The quantitative estimate of drug-likeness (QED) is 0.782. The molecule has 0 radical (unpaired) electrons. The normalized spacial score (nSPS) is 18.7. The van der Waals surface area contributed by atoms with Gasteiger partial charge in [-0.1, -0.05) is 32.0 Å². The van der Waals surface area contributed by atoms with Gasteiger partial charge >= 0.3 is 0 Å². The highest BCUT2D eigenvalue weighted by Crippen LogP contribution is 2.35. The molecule has 3 rings (SSSR count). The number of hydrogen-bond donors (Lipinski definition) is 1. The van der Waals surface area contributed by atoms with Crippen LogP contribution in [0.2, 0.25) is 0 Å². The second kappa shape index (κ2) is 9.54. The molecular weight excluding hydrogens is 366 g/mol. The second-order valence-corrected chi connectivity index (χ2v) is 7.93. The van der Waals surface area contributed by atoms with Crippen molar-refractivity contribution in [3.63, 3.8) is 0 Å². The third kappa shape index (κ3) is 5.34. The molecule has 0 aliphatic carbocycles. The van der Waals surface area contributed by atoms with Crippen molar-refractivity contribution in [2.45, 2.75) is 32.7 Å². The van der Waals surface area contributed by atoms with E-state index in [9.17, 15) is 9.59 Å². The molecule has 6 nitrogen and oxygen atoms in total. The van der Waals surface area contributed by atoms with E-state index in [1.165, 1.54) is 0 Å². The Balaban J connectivity index is 1.77. The van der Waals surface area contributed by atoms with Crippen molar-refractivity contribution in [2.24, 2.45) is 11.8 Å². The van der Waals surface area contributed by atoms with Gasteiger partial charge in [0.2, 0.25) is 11.8 Å². The van der Waals surface area contributed by atoms with Crippen LogP contribution in [-0.4, -0.2) is 41.9 Å². The number of ether oxygens (including phenoxy) is 1. The summed E-state index contributed by atoms with van der Waals surface area (Å²) in [6.07, 6.45) is 2.20. The highest BCUT2D eigenvalue weighted by Gasteiger charge is 2.40. The van der Waals surface area contributed by atoms with E-state index in [1.54, 1.807) is 13.3 Å².